The summed E-state index contributed by atoms with van der Waals surface area (Å²) < 4.78 is 7.16. The lowest BCUT2D eigenvalue weighted by Gasteiger charge is -2.24. The molecule has 0 bridgehead atoms. The third-order valence-electron chi connectivity index (χ3n) is 4.18. The van der Waals surface area contributed by atoms with Crippen LogP contribution >= 0.6 is 11.6 Å². The van der Waals surface area contributed by atoms with Crippen molar-refractivity contribution in [2.24, 2.45) is 0 Å². The standard InChI is InChI=1S/C19H17ClN4O/c1-12-21-19-22-17(13-3-7-15(20)8-4-13)11-18(24(19)23-12)14-5-9-16(25-2)10-6-14/h3-11,18H,1-2H3,(H,21,22,23). The molecule has 0 amide bonds. The minimum atomic E-state index is -0.0472. The van der Waals surface area contributed by atoms with E-state index in [1.54, 1.807) is 7.11 Å². The summed E-state index contributed by atoms with van der Waals surface area (Å²) in [4.78, 5) is 4.50. The molecular weight excluding hydrogens is 336 g/mol. The maximum atomic E-state index is 6.01. The Labute approximate surface area is 150 Å². The lowest BCUT2D eigenvalue weighted by molar-refractivity contribution is 0.414. The number of rotatable bonds is 3. The quantitative estimate of drug-likeness (QED) is 0.763. The summed E-state index contributed by atoms with van der Waals surface area (Å²) in [5.41, 5.74) is 3.15. The summed E-state index contributed by atoms with van der Waals surface area (Å²) in [6, 6.07) is 15.7. The largest absolute Gasteiger partial charge is 0.497 e. The second-order valence-corrected chi connectivity index (χ2v) is 6.29. The Morgan fingerprint density at radius 2 is 1.80 bits per heavy atom. The number of ether oxygens (including phenoxy) is 1. The van der Waals surface area contributed by atoms with Crippen LogP contribution in [0.15, 0.2) is 54.6 Å². The van der Waals surface area contributed by atoms with Crippen LogP contribution in [0.1, 0.15) is 23.0 Å². The molecule has 3 aromatic rings. The van der Waals surface area contributed by atoms with Crippen molar-refractivity contribution < 1.29 is 4.74 Å². The number of benzene rings is 2. The van der Waals surface area contributed by atoms with Crippen LogP contribution in [0.25, 0.3) is 5.70 Å². The van der Waals surface area contributed by atoms with Gasteiger partial charge in [-0.1, -0.05) is 35.9 Å². The predicted molar refractivity (Wildman–Crippen MR) is 98.9 cm³/mol. The number of anilines is 1. The first-order valence-electron chi connectivity index (χ1n) is 7.96. The molecule has 1 N–H and O–H groups in total. The van der Waals surface area contributed by atoms with E-state index in [0.717, 1.165) is 34.3 Å². The van der Waals surface area contributed by atoms with E-state index in [9.17, 15) is 0 Å². The molecular formula is C19H17ClN4O. The molecule has 6 heteroatoms. The smallest absolute Gasteiger partial charge is 0.226 e. The fourth-order valence-electron chi connectivity index (χ4n) is 2.94. The number of nitrogens with one attached hydrogen (secondary N) is 1. The summed E-state index contributed by atoms with van der Waals surface area (Å²) in [5, 5.41) is 8.61. The highest BCUT2D eigenvalue weighted by Gasteiger charge is 2.24. The van der Waals surface area contributed by atoms with Crippen molar-refractivity contribution in [3.63, 3.8) is 0 Å². The van der Waals surface area contributed by atoms with Gasteiger partial charge in [0.05, 0.1) is 7.11 Å². The molecule has 25 heavy (non-hydrogen) atoms. The molecule has 0 radical (unpaired) electrons. The third-order valence-corrected chi connectivity index (χ3v) is 4.44. The molecule has 0 aliphatic carbocycles. The van der Waals surface area contributed by atoms with Crippen molar-refractivity contribution in [2.45, 2.75) is 13.0 Å². The minimum absolute atomic E-state index is 0.0472. The second-order valence-electron chi connectivity index (χ2n) is 5.86. The zero-order valence-corrected chi connectivity index (χ0v) is 14.7. The first kappa shape index (κ1) is 15.7. The van der Waals surface area contributed by atoms with Gasteiger partial charge in [-0.15, -0.1) is 0 Å². The van der Waals surface area contributed by atoms with Crippen molar-refractivity contribution in [3.8, 4) is 5.75 Å². The van der Waals surface area contributed by atoms with Gasteiger partial charge in [-0.25, -0.2) is 4.68 Å². The van der Waals surface area contributed by atoms with Crippen molar-refractivity contribution in [1.29, 1.82) is 0 Å². The van der Waals surface area contributed by atoms with Gasteiger partial charge in [-0.2, -0.15) is 10.1 Å². The van der Waals surface area contributed by atoms with Crippen LogP contribution in [0.3, 0.4) is 0 Å². The van der Waals surface area contributed by atoms with Crippen LogP contribution in [-0.4, -0.2) is 21.9 Å². The number of allylic oxidation sites excluding steroid dienone is 1. The average Bonchev–Trinajstić information content (AvgIpc) is 3.01. The Bertz CT molecular complexity index is 929. The molecule has 1 aromatic heterocycles. The first-order chi connectivity index (χ1) is 12.1. The van der Waals surface area contributed by atoms with E-state index in [4.69, 9.17) is 16.3 Å². The van der Waals surface area contributed by atoms with Crippen molar-refractivity contribution in [3.05, 3.63) is 76.6 Å². The molecule has 2 aromatic carbocycles. The van der Waals surface area contributed by atoms with Crippen molar-refractivity contribution in [1.82, 2.24) is 14.8 Å². The second kappa shape index (κ2) is 6.26. The minimum Gasteiger partial charge on any atom is -0.497 e. The molecule has 1 unspecified atom stereocenters. The Hall–Kier alpha value is -2.79. The lowest BCUT2D eigenvalue weighted by atomic mass is 10.0. The number of nitrogens with zero attached hydrogens (tertiary/aromatic N) is 3. The monoisotopic (exact) mass is 352 g/mol. The number of aromatic nitrogens is 3. The van der Waals surface area contributed by atoms with Gasteiger partial charge in [0.1, 0.15) is 17.6 Å². The highest BCUT2D eigenvalue weighted by Crippen LogP contribution is 2.33. The third kappa shape index (κ3) is 2.98. The summed E-state index contributed by atoms with van der Waals surface area (Å²) in [6.45, 7) is 1.89. The Balaban J connectivity index is 1.79. The molecule has 126 valence electrons. The normalized spacial score (nSPS) is 16.0. The number of hydrogen-bond acceptors (Lipinski definition) is 4. The van der Waals surface area contributed by atoms with Gasteiger partial charge in [-0.05, 0) is 48.4 Å². The SMILES string of the molecule is COc1ccc(C2C=C(c3ccc(Cl)cc3)Nc3nc(C)nn32)cc1. The molecule has 0 fully saturated rings. The number of halogens is 1. The van der Waals surface area contributed by atoms with Crippen LogP contribution in [0.5, 0.6) is 5.75 Å². The highest BCUT2D eigenvalue weighted by molar-refractivity contribution is 6.30. The van der Waals surface area contributed by atoms with E-state index in [1.807, 2.05) is 60.1 Å². The van der Waals surface area contributed by atoms with E-state index < -0.39 is 0 Å². The zero-order chi connectivity index (χ0) is 17.4. The fourth-order valence-corrected chi connectivity index (χ4v) is 3.06. The average molecular weight is 353 g/mol. The molecule has 4 rings (SSSR count). The molecule has 0 spiro atoms. The lowest BCUT2D eigenvalue weighted by Crippen LogP contribution is -2.20. The van der Waals surface area contributed by atoms with Gasteiger partial charge in [-0.3, -0.25) is 0 Å². The van der Waals surface area contributed by atoms with Crippen LogP contribution in [0.2, 0.25) is 5.02 Å². The van der Waals surface area contributed by atoms with E-state index in [-0.39, 0.29) is 6.04 Å². The van der Waals surface area contributed by atoms with Gasteiger partial charge in [0.2, 0.25) is 5.95 Å². The molecule has 0 saturated carbocycles. The number of methoxy groups -OCH3 is 1. The zero-order valence-electron chi connectivity index (χ0n) is 13.9. The summed E-state index contributed by atoms with van der Waals surface area (Å²) in [7, 11) is 1.66. The highest BCUT2D eigenvalue weighted by atomic mass is 35.5. The number of hydrogen-bond donors (Lipinski definition) is 1. The van der Waals surface area contributed by atoms with Gasteiger partial charge in [0, 0.05) is 10.7 Å². The number of fused-ring (bicyclic) bond motifs is 1. The van der Waals surface area contributed by atoms with Crippen LogP contribution in [-0.2, 0) is 0 Å². The summed E-state index contributed by atoms with van der Waals surface area (Å²) in [5.74, 6) is 2.28. The predicted octanol–water partition coefficient (Wildman–Crippen LogP) is 4.30. The van der Waals surface area contributed by atoms with E-state index in [2.05, 4.69) is 21.5 Å². The summed E-state index contributed by atoms with van der Waals surface area (Å²) >= 11 is 6.01. The molecule has 1 aliphatic rings. The van der Waals surface area contributed by atoms with Crippen LogP contribution in [0, 0.1) is 6.92 Å². The van der Waals surface area contributed by atoms with Crippen LogP contribution < -0.4 is 10.1 Å². The Kier molecular flexibility index (Phi) is 3.93. The van der Waals surface area contributed by atoms with Crippen LogP contribution in [0.4, 0.5) is 5.95 Å². The maximum Gasteiger partial charge on any atom is 0.226 e. The summed E-state index contributed by atoms with van der Waals surface area (Å²) in [6.07, 6.45) is 2.15. The van der Waals surface area contributed by atoms with Crippen molar-refractivity contribution >= 4 is 23.2 Å². The van der Waals surface area contributed by atoms with E-state index in [1.165, 1.54) is 0 Å². The molecule has 1 aliphatic heterocycles. The maximum absolute atomic E-state index is 6.01. The first-order valence-corrected chi connectivity index (χ1v) is 8.34. The van der Waals surface area contributed by atoms with E-state index >= 15 is 0 Å². The molecule has 5 nitrogen and oxygen atoms in total. The molecule has 0 saturated heterocycles. The Morgan fingerprint density at radius 1 is 1.08 bits per heavy atom. The van der Waals surface area contributed by atoms with Gasteiger partial charge < -0.3 is 10.1 Å². The number of aryl methyl sites for hydroxylation is 1. The van der Waals surface area contributed by atoms with E-state index in [0.29, 0.717) is 5.02 Å². The molecule has 2 heterocycles. The molecule has 1 atom stereocenters. The van der Waals surface area contributed by atoms with Gasteiger partial charge in [0.15, 0.2) is 0 Å². The van der Waals surface area contributed by atoms with Crippen molar-refractivity contribution in [2.75, 3.05) is 12.4 Å². The van der Waals surface area contributed by atoms with Gasteiger partial charge >= 0.3 is 0 Å². The van der Waals surface area contributed by atoms with Gasteiger partial charge in [0.25, 0.3) is 0 Å². The topological polar surface area (TPSA) is 52.0 Å². The Morgan fingerprint density at radius 3 is 2.48 bits per heavy atom. The fraction of sp³-hybridized carbons (Fsp3) is 0.158.